The Kier molecular flexibility index (Phi) is 5.93. The summed E-state index contributed by atoms with van der Waals surface area (Å²) in [7, 11) is 1.36. The third-order valence-electron chi connectivity index (χ3n) is 2.50. The van der Waals surface area contributed by atoms with Crippen molar-refractivity contribution in [3.8, 4) is 0 Å². The number of hydrogen-bond donors (Lipinski definition) is 1. The summed E-state index contributed by atoms with van der Waals surface area (Å²) in [6.07, 6.45) is 0. The zero-order valence-electron chi connectivity index (χ0n) is 10.5. The Morgan fingerprint density at radius 1 is 1.53 bits per heavy atom. The number of nitrogens with zero attached hydrogens (tertiary/aromatic N) is 2. The number of carbonyl (C=O) groups is 1. The van der Waals surface area contributed by atoms with Gasteiger partial charge in [0.15, 0.2) is 10.8 Å². The number of likely N-dealkylation sites (N-methyl/N-ethyl adjacent to an activating group) is 1. The van der Waals surface area contributed by atoms with Crippen molar-refractivity contribution in [1.82, 2.24) is 9.88 Å². The van der Waals surface area contributed by atoms with Crippen LogP contribution in [0.1, 0.15) is 24.3 Å². The highest BCUT2D eigenvalue weighted by Gasteiger charge is 2.10. The Morgan fingerprint density at radius 3 is 2.82 bits per heavy atom. The average Bonchev–Trinajstić information content (AvgIpc) is 2.82. The maximum atomic E-state index is 11.2. The van der Waals surface area contributed by atoms with E-state index in [2.05, 4.69) is 33.8 Å². The average molecular weight is 257 g/mol. The molecule has 1 rings (SSSR count). The first-order valence-electron chi connectivity index (χ1n) is 5.71. The molecule has 1 aromatic rings. The highest BCUT2D eigenvalue weighted by molar-refractivity contribution is 7.13. The van der Waals surface area contributed by atoms with Crippen LogP contribution < -0.4 is 5.32 Å². The number of nitrogens with one attached hydrogen (secondary N) is 1. The molecule has 1 aromatic heterocycles. The van der Waals surface area contributed by atoms with E-state index >= 15 is 0 Å². The maximum Gasteiger partial charge on any atom is 0.357 e. The van der Waals surface area contributed by atoms with Crippen molar-refractivity contribution >= 4 is 22.4 Å². The highest BCUT2D eigenvalue weighted by Crippen LogP contribution is 2.15. The minimum Gasteiger partial charge on any atom is -0.464 e. The number of anilines is 1. The van der Waals surface area contributed by atoms with Crippen molar-refractivity contribution in [3.05, 3.63) is 11.1 Å². The summed E-state index contributed by atoms with van der Waals surface area (Å²) in [5.74, 6) is -0.391. The summed E-state index contributed by atoms with van der Waals surface area (Å²) in [5, 5.41) is 5.66. The summed E-state index contributed by atoms with van der Waals surface area (Å²) in [6, 6.07) is 0. The summed E-state index contributed by atoms with van der Waals surface area (Å²) in [4.78, 5) is 17.7. The molecule has 0 bridgehead atoms. The Hall–Kier alpha value is -1.14. The van der Waals surface area contributed by atoms with Gasteiger partial charge in [-0.25, -0.2) is 9.78 Å². The van der Waals surface area contributed by atoms with Crippen LogP contribution in [0.2, 0.25) is 0 Å². The summed E-state index contributed by atoms with van der Waals surface area (Å²) in [5.41, 5.74) is 0.364. The van der Waals surface area contributed by atoms with Gasteiger partial charge in [-0.2, -0.15) is 0 Å². The van der Waals surface area contributed by atoms with Gasteiger partial charge in [0.1, 0.15) is 0 Å². The van der Waals surface area contributed by atoms with Crippen molar-refractivity contribution in [1.29, 1.82) is 0 Å². The molecule has 6 heteroatoms. The molecule has 0 saturated heterocycles. The molecule has 17 heavy (non-hydrogen) atoms. The molecular weight excluding hydrogens is 238 g/mol. The number of carbonyl (C=O) groups excluding carboxylic acids is 1. The van der Waals surface area contributed by atoms with Crippen molar-refractivity contribution in [2.24, 2.45) is 0 Å². The number of thiazole rings is 1. The van der Waals surface area contributed by atoms with E-state index in [4.69, 9.17) is 0 Å². The van der Waals surface area contributed by atoms with Gasteiger partial charge < -0.3 is 15.0 Å². The number of aromatic nitrogens is 1. The van der Waals surface area contributed by atoms with Crippen LogP contribution in [0.4, 0.5) is 5.13 Å². The van der Waals surface area contributed by atoms with Gasteiger partial charge in [-0.3, -0.25) is 0 Å². The van der Waals surface area contributed by atoms with Gasteiger partial charge in [0.2, 0.25) is 0 Å². The number of hydrogen-bond acceptors (Lipinski definition) is 6. The Labute approximate surface area is 106 Å². The largest absolute Gasteiger partial charge is 0.464 e. The molecule has 0 aliphatic heterocycles. The fourth-order valence-corrected chi connectivity index (χ4v) is 2.12. The van der Waals surface area contributed by atoms with Crippen LogP contribution in [0.15, 0.2) is 5.38 Å². The molecule has 0 fully saturated rings. The summed E-state index contributed by atoms with van der Waals surface area (Å²) >= 11 is 1.42. The molecule has 5 nitrogen and oxygen atoms in total. The maximum absolute atomic E-state index is 11.2. The van der Waals surface area contributed by atoms with E-state index in [1.54, 1.807) is 5.38 Å². The van der Waals surface area contributed by atoms with Crippen LogP contribution in [0, 0.1) is 0 Å². The molecule has 1 N–H and O–H groups in total. The first-order valence-corrected chi connectivity index (χ1v) is 6.59. The molecule has 0 radical (unpaired) electrons. The number of rotatable bonds is 7. The van der Waals surface area contributed by atoms with Crippen molar-refractivity contribution < 1.29 is 9.53 Å². The lowest BCUT2D eigenvalue weighted by molar-refractivity contribution is 0.0595. The van der Waals surface area contributed by atoms with Gasteiger partial charge in [-0.15, -0.1) is 11.3 Å². The highest BCUT2D eigenvalue weighted by atomic mass is 32.1. The van der Waals surface area contributed by atoms with Crippen LogP contribution >= 0.6 is 11.3 Å². The van der Waals surface area contributed by atoms with Crippen LogP contribution in [0.3, 0.4) is 0 Å². The Bertz CT molecular complexity index is 350. The molecule has 0 aliphatic carbocycles. The van der Waals surface area contributed by atoms with E-state index < -0.39 is 5.97 Å². The molecule has 0 amide bonds. The van der Waals surface area contributed by atoms with E-state index in [0.717, 1.165) is 31.3 Å². The van der Waals surface area contributed by atoms with Gasteiger partial charge in [0, 0.05) is 18.5 Å². The minimum atomic E-state index is -0.391. The van der Waals surface area contributed by atoms with E-state index in [9.17, 15) is 4.79 Å². The first kappa shape index (κ1) is 13.9. The number of esters is 1. The molecule has 96 valence electrons. The smallest absolute Gasteiger partial charge is 0.357 e. The van der Waals surface area contributed by atoms with Gasteiger partial charge in [0.25, 0.3) is 0 Å². The summed E-state index contributed by atoms with van der Waals surface area (Å²) < 4.78 is 4.60. The SMILES string of the molecule is CCN(CC)CCNc1nc(C(=O)OC)cs1. The minimum absolute atomic E-state index is 0.364. The second-order valence-corrected chi connectivity index (χ2v) is 4.34. The predicted octanol–water partition coefficient (Wildman–Crippen LogP) is 1.68. The van der Waals surface area contributed by atoms with Gasteiger partial charge in [-0.1, -0.05) is 13.8 Å². The number of ether oxygens (including phenoxy) is 1. The monoisotopic (exact) mass is 257 g/mol. The topological polar surface area (TPSA) is 54.5 Å². The normalized spacial score (nSPS) is 10.6. The molecule has 1 heterocycles. The molecule has 0 aliphatic rings. The van der Waals surface area contributed by atoms with Gasteiger partial charge >= 0.3 is 5.97 Å². The van der Waals surface area contributed by atoms with Crippen molar-refractivity contribution in [3.63, 3.8) is 0 Å². The van der Waals surface area contributed by atoms with E-state index in [1.165, 1.54) is 18.4 Å². The second kappa shape index (κ2) is 7.24. The van der Waals surface area contributed by atoms with Crippen LogP contribution in [0.25, 0.3) is 0 Å². The van der Waals surface area contributed by atoms with Crippen molar-refractivity contribution in [2.45, 2.75) is 13.8 Å². The number of methoxy groups -OCH3 is 1. The lowest BCUT2D eigenvalue weighted by Gasteiger charge is -2.17. The third kappa shape index (κ3) is 4.32. The lowest BCUT2D eigenvalue weighted by Crippen LogP contribution is -2.28. The molecule has 0 saturated carbocycles. The predicted molar refractivity (Wildman–Crippen MR) is 69.7 cm³/mol. The van der Waals surface area contributed by atoms with Crippen molar-refractivity contribution in [2.75, 3.05) is 38.6 Å². The zero-order valence-corrected chi connectivity index (χ0v) is 11.3. The van der Waals surface area contributed by atoms with Crippen LogP contribution in [0.5, 0.6) is 0 Å². The fourth-order valence-electron chi connectivity index (χ4n) is 1.41. The fraction of sp³-hybridized carbons (Fsp3) is 0.636. The molecular formula is C11H19N3O2S. The van der Waals surface area contributed by atoms with Crippen LogP contribution in [-0.4, -0.2) is 49.1 Å². The Balaban J connectivity index is 2.37. The van der Waals surface area contributed by atoms with E-state index in [1.807, 2.05) is 0 Å². The summed E-state index contributed by atoms with van der Waals surface area (Å²) in [6.45, 7) is 8.17. The van der Waals surface area contributed by atoms with Gasteiger partial charge in [0.05, 0.1) is 7.11 Å². The Morgan fingerprint density at radius 2 is 2.24 bits per heavy atom. The molecule has 0 spiro atoms. The lowest BCUT2D eigenvalue weighted by atomic mass is 10.5. The second-order valence-electron chi connectivity index (χ2n) is 3.48. The quantitative estimate of drug-likeness (QED) is 0.753. The zero-order chi connectivity index (χ0) is 12.7. The van der Waals surface area contributed by atoms with Gasteiger partial charge in [-0.05, 0) is 13.1 Å². The van der Waals surface area contributed by atoms with E-state index in [-0.39, 0.29) is 0 Å². The van der Waals surface area contributed by atoms with E-state index in [0.29, 0.717) is 5.69 Å². The molecule has 0 unspecified atom stereocenters. The third-order valence-corrected chi connectivity index (χ3v) is 3.30. The van der Waals surface area contributed by atoms with Crippen LogP contribution in [-0.2, 0) is 4.74 Å². The molecule has 0 aromatic carbocycles. The first-order chi connectivity index (χ1) is 8.21. The standard InChI is InChI=1S/C11H19N3O2S/c1-4-14(5-2)7-6-12-11-13-9(8-17-11)10(15)16-3/h8H,4-7H2,1-3H3,(H,12,13). The molecule has 0 atom stereocenters.